The molecule has 0 saturated heterocycles. The van der Waals surface area contributed by atoms with Gasteiger partial charge in [0.2, 0.25) is 0 Å². The topological polar surface area (TPSA) is 26.0 Å². The summed E-state index contributed by atoms with van der Waals surface area (Å²) >= 11 is 0. The molecule has 0 aliphatic heterocycles. The van der Waals surface area contributed by atoms with Crippen LogP contribution in [0.5, 0.6) is 0 Å². The van der Waals surface area contributed by atoms with Crippen molar-refractivity contribution < 1.29 is 0 Å². The van der Waals surface area contributed by atoms with Gasteiger partial charge in [-0.25, -0.2) is 0 Å². The largest absolute Gasteiger partial charge is 0.320 e. The average Bonchev–Trinajstić information content (AvgIpc) is 2.30. The summed E-state index contributed by atoms with van der Waals surface area (Å²) in [6.07, 6.45) is 0. The maximum absolute atomic E-state index is 6.17. The molecule has 0 fully saturated rings. The van der Waals surface area contributed by atoms with Crippen LogP contribution in [0.4, 0.5) is 0 Å². The van der Waals surface area contributed by atoms with Crippen LogP contribution in [0.3, 0.4) is 0 Å². The van der Waals surface area contributed by atoms with Crippen molar-refractivity contribution in [1.29, 1.82) is 0 Å². The Bertz CT molecular complexity index is 422. The van der Waals surface area contributed by atoms with Crippen LogP contribution in [-0.4, -0.2) is 0 Å². The minimum absolute atomic E-state index is 0. The number of aryl methyl sites for hydroxylation is 1. The Kier molecular flexibility index (Phi) is 4.53. The van der Waals surface area contributed by atoms with Crippen LogP contribution in [0.25, 0.3) is 0 Å². The first-order valence-electron chi connectivity index (χ1n) is 5.14. The molecule has 0 heterocycles. The lowest BCUT2D eigenvalue weighted by Crippen LogP contribution is -2.11. The van der Waals surface area contributed by atoms with Gasteiger partial charge in [-0.05, 0) is 18.1 Å². The Hall–Kier alpha value is -1.31. The molecular weight excluding hydrogens is 218 g/mol. The zero-order valence-corrected chi connectivity index (χ0v) is 10.1. The molecule has 0 amide bonds. The standard InChI is InChI=1S/C14H15N.ClH/c1-11-7-9-13(10-8-11)14(15)12-5-3-2-4-6-12;/h2-10,14H,15H2,1H3;1H. The molecule has 0 aliphatic carbocycles. The molecule has 0 saturated carbocycles. The molecule has 1 unspecified atom stereocenters. The third-order valence-electron chi connectivity index (χ3n) is 2.60. The molecule has 16 heavy (non-hydrogen) atoms. The maximum Gasteiger partial charge on any atom is 0.0551 e. The maximum atomic E-state index is 6.17. The fourth-order valence-corrected chi connectivity index (χ4v) is 1.63. The normalized spacial score (nSPS) is 11.6. The van der Waals surface area contributed by atoms with Crippen LogP contribution >= 0.6 is 12.4 Å². The van der Waals surface area contributed by atoms with Gasteiger partial charge in [0.1, 0.15) is 0 Å². The van der Waals surface area contributed by atoms with Crippen molar-refractivity contribution in [1.82, 2.24) is 0 Å². The summed E-state index contributed by atoms with van der Waals surface area (Å²) in [7, 11) is 0. The molecule has 2 N–H and O–H groups in total. The number of nitrogens with two attached hydrogens (primary N) is 1. The number of hydrogen-bond donors (Lipinski definition) is 1. The zero-order valence-electron chi connectivity index (χ0n) is 9.26. The summed E-state index contributed by atoms with van der Waals surface area (Å²) in [6, 6.07) is 18.5. The van der Waals surface area contributed by atoms with E-state index in [1.54, 1.807) is 0 Å². The molecule has 2 aromatic carbocycles. The molecule has 1 atom stereocenters. The second-order valence-corrected chi connectivity index (χ2v) is 3.80. The quantitative estimate of drug-likeness (QED) is 0.845. The van der Waals surface area contributed by atoms with Crippen molar-refractivity contribution in [3.8, 4) is 0 Å². The average molecular weight is 234 g/mol. The van der Waals surface area contributed by atoms with Crippen molar-refractivity contribution in [2.24, 2.45) is 5.73 Å². The van der Waals surface area contributed by atoms with E-state index >= 15 is 0 Å². The first-order chi connectivity index (χ1) is 7.27. The van der Waals surface area contributed by atoms with Gasteiger partial charge in [-0.15, -0.1) is 12.4 Å². The van der Waals surface area contributed by atoms with Crippen LogP contribution < -0.4 is 5.73 Å². The van der Waals surface area contributed by atoms with E-state index in [-0.39, 0.29) is 18.4 Å². The van der Waals surface area contributed by atoms with Gasteiger partial charge in [0.25, 0.3) is 0 Å². The fourth-order valence-electron chi connectivity index (χ4n) is 1.63. The Morgan fingerprint density at radius 1 is 0.812 bits per heavy atom. The zero-order chi connectivity index (χ0) is 10.7. The highest BCUT2D eigenvalue weighted by atomic mass is 35.5. The van der Waals surface area contributed by atoms with Crippen molar-refractivity contribution in [2.75, 3.05) is 0 Å². The minimum Gasteiger partial charge on any atom is -0.320 e. The lowest BCUT2D eigenvalue weighted by molar-refractivity contribution is 0.871. The molecule has 0 aromatic heterocycles. The predicted octanol–water partition coefficient (Wildman–Crippen LogP) is 3.46. The second kappa shape index (κ2) is 5.69. The summed E-state index contributed by atoms with van der Waals surface area (Å²) in [4.78, 5) is 0. The van der Waals surface area contributed by atoms with Gasteiger partial charge in [-0.2, -0.15) is 0 Å². The molecule has 84 valence electrons. The van der Waals surface area contributed by atoms with Crippen LogP contribution in [-0.2, 0) is 0 Å². The molecule has 2 rings (SSSR count). The highest BCUT2D eigenvalue weighted by Crippen LogP contribution is 2.19. The number of halogens is 1. The summed E-state index contributed by atoms with van der Waals surface area (Å²) in [5.41, 5.74) is 9.74. The second-order valence-electron chi connectivity index (χ2n) is 3.80. The molecule has 1 nitrogen and oxygen atoms in total. The van der Waals surface area contributed by atoms with E-state index < -0.39 is 0 Å². The van der Waals surface area contributed by atoms with E-state index in [0.717, 1.165) is 11.1 Å². The molecule has 0 bridgehead atoms. The van der Waals surface area contributed by atoms with E-state index in [4.69, 9.17) is 5.73 Å². The van der Waals surface area contributed by atoms with Crippen molar-refractivity contribution in [3.63, 3.8) is 0 Å². The van der Waals surface area contributed by atoms with E-state index in [9.17, 15) is 0 Å². The lowest BCUT2D eigenvalue weighted by atomic mass is 9.99. The highest BCUT2D eigenvalue weighted by Gasteiger charge is 2.06. The van der Waals surface area contributed by atoms with Crippen molar-refractivity contribution >= 4 is 12.4 Å². The van der Waals surface area contributed by atoms with Crippen LogP contribution in [0.15, 0.2) is 54.6 Å². The van der Waals surface area contributed by atoms with Gasteiger partial charge in [0.05, 0.1) is 6.04 Å². The third-order valence-corrected chi connectivity index (χ3v) is 2.60. The monoisotopic (exact) mass is 233 g/mol. The number of rotatable bonds is 2. The summed E-state index contributed by atoms with van der Waals surface area (Å²) < 4.78 is 0. The van der Waals surface area contributed by atoms with Gasteiger partial charge in [-0.3, -0.25) is 0 Å². The molecule has 0 spiro atoms. The van der Waals surface area contributed by atoms with Gasteiger partial charge in [0.15, 0.2) is 0 Å². The number of benzene rings is 2. The summed E-state index contributed by atoms with van der Waals surface area (Å²) in [6.45, 7) is 2.08. The molecular formula is C14H16ClN. The van der Waals surface area contributed by atoms with Crippen LogP contribution in [0.1, 0.15) is 22.7 Å². The Morgan fingerprint density at radius 3 is 1.88 bits per heavy atom. The van der Waals surface area contributed by atoms with Crippen molar-refractivity contribution in [3.05, 3.63) is 71.3 Å². The van der Waals surface area contributed by atoms with Gasteiger partial charge >= 0.3 is 0 Å². The Morgan fingerprint density at radius 2 is 1.31 bits per heavy atom. The summed E-state index contributed by atoms with van der Waals surface area (Å²) in [5, 5.41) is 0. The first-order valence-corrected chi connectivity index (χ1v) is 5.14. The first kappa shape index (κ1) is 12.8. The van der Waals surface area contributed by atoms with Gasteiger partial charge in [-0.1, -0.05) is 60.2 Å². The fraction of sp³-hybridized carbons (Fsp3) is 0.143. The molecule has 2 aromatic rings. The smallest absolute Gasteiger partial charge is 0.0551 e. The van der Waals surface area contributed by atoms with E-state index in [0.29, 0.717) is 0 Å². The Labute approximate surface area is 103 Å². The van der Waals surface area contributed by atoms with Crippen molar-refractivity contribution in [2.45, 2.75) is 13.0 Å². The molecule has 2 heteroatoms. The van der Waals surface area contributed by atoms with E-state index in [1.807, 2.05) is 18.2 Å². The highest BCUT2D eigenvalue weighted by molar-refractivity contribution is 5.85. The van der Waals surface area contributed by atoms with E-state index in [2.05, 4.69) is 43.3 Å². The van der Waals surface area contributed by atoms with Gasteiger partial charge in [0, 0.05) is 0 Å². The Balaban J connectivity index is 0.00000128. The van der Waals surface area contributed by atoms with Crippen LogP contribution in [0.2, 0.25) is 0 Å². The van der Waals surface area contributed by atoms with Crippen LogP contribution in [0, 0.1) is 6.92 Å². The summed E-state index contributed by atoms with van der Waals surface area (Å²) in [5.74, 6) is 0. The SMILES string of the molecule is Cc1ccc(C(N)c2ccccc2)cc1.Cl. The third kappa shape index (κ3) is 2.84. The molecule has 0 aliphatic rings. The molecule has 0 radical (unpaired) electrons. The lowest BCUT2D eigenvalue weighted by Gasteiger charge is -2.12. The minimum atomic E-state index is -0.0215. The predicted molar refractivity (Wildman–Crippen MR) is 70.9 cm³/mol. The van der Waals surface area contributed by atoms with E-state index in [1.165, 1.54) is 5.56 Å². The number of hydrogen-bond acceptors (Lipinski definition) is 1. The van der Waals surface area contributed by atoms with Gasteiger partial charge < -0.3 is 5.73 Å².